The van der Waals surface area contributed by atoms with Crippen molar-refractivity contribution in [3.05, 3.63) is 59.4 Å². The fourth-order valence-corrected chi connectivity index (χ4v) is 3.09. The Bertz CT molecular complexity index is 914. The molecule has 7 nitrogen and oxygen atoms in total. The molecule has 3 rings (SSSR count). The topological polar surface area (TPSA) is 99.7 Å². The van der Waals surface area contributed by atoms with E-state index in [0.717, 1.165) is 0 Å². The number of nitrogens with two attached hydrogens (primary N) is 1. The zero-order valence-corrected chi connectivity index (χ0v) is 15.4. The second kappa shape index (κ2) is 8.08. The zero-order valence-electron chi connectivity index (χ0n) is 15.4. The molecule has 2 aromatic rings. The summed E-state index contributed by atoms with van der Waals surface area (Å²) in [5.41, 5.74) is 7.54. The fourth-order valence-electron chi connectivity index (χ4n) is 3.09. The predicted octanol–water partition coefficient (Wildman–Crippen LogP) is 2.66. The number of rotatable bonds is 6. The minimum absolute atomic E-state index is 0.0460. The van der Waals surface area contributed by atoms with Crippen LogP contribution in [0.1, 0.15) is 17.5 Å². The third kappa shape index (κ3) is 3.95. The maximum absolute atomic E-state index is 14.6. The molecule has 0 aromatic heterocycles. The molecule has 1 aliphatic rings. The average Bonchev–Trinajstić information content (AvgIpc) is 3.07. The second-order valence-corrected chi connectivity index (χ2v) is 6.41. The van der Waals surface area contributed by atoms with Crippen LogP contribution in [0.15, 0.2) is 42.5 Å². The Kier molecular flexibility index (Phi) is 5.58. The molecular weight excluding hydrogens is 363 g/mol. The van der Waals surface area contributed by atoms with Crippen molar-refractivity contribution in [2.45, 2.75) is 12.8 Å². The summed E-state index contributed by atoms with van der Waals surface area (Å²) in [6, 6.07) is 11.1. The number of nitrogens with one attached hydrogen (secondary N) is 1. The van der Waals surface area contributed by atoms with Crippen molar-refractivity contribution in [3.63, 3.8) is 0 Å². The number of anilines is 2. The summed E-state index contributed by atoms with van der Waals surface area (Å²) in [5, 5.41) is 7.43. The summed E-state index contributed by atoms with van der Waals surface area (Å²) in [6.07, 6.45) is 0.536. The van der Waals surface area contributed by atoms with Crippen molar-refractivity contribution < 1.29 is 18.7 Å². The highest BCUT2D eigenvalue weighted by Crippen LogP contribution is 2.28. The van der Waals surface area contributed by atoms with Gasteiger partial charge in [-0.15, -0.1) is 0 Å². The highest BCUT2D eigenvalue weighted by atomic mass is 19.1. The lowest BCUT2D eigenvalue weighted by Crippen LogP contribution is -2.32. The number of halogens is 1. The number of aryl methyl sites for hydroxylation is 1. The molecule has 0 bridgehead atoms. The van der Waals surface area contributed by atoms with Gasteiger partial charge in [-0.2, -0.15) is 0 Å². The van der Waals surface area contributed by atoms with Gasteiger partial charge in [0.1, 0.15) is 11.7 Å². The quantitative estimate of drug-likeness (QED) is 0.454. The van der Waals surface area contributed by atoms with Crippen LogP contribution < -0.4 is 15.5 Å². The molecule has 3 N–H and O–H groups in total. The van der Waals surface area contributed by atoms with Gasteiger partial charge in [0.05, 0.1) is 12.8 Å². The molecule has 1 fully saturated rings. The number of carbonyl (C=O) groups is 2. The van der Waals surface area contributed by atoms with Gasteiger partial charge < -0.3 is 10.5 Å². The minimum Gasteiger partial charge on any atom is -0.469 e. The van der Waals surface area contributed by atoms with Gasteiger partial charge >= 0.3 is 12.0 Å². The van der Waals surface area contributed by atoms with Crippen molar-refractivity contribution in [1.82, 2.24) is 0 Å². The van der Waals surface area contributed by atoms with Gasteiger partial charge in [-0.3, -0.25) is 20.0 Å². The molecule has 2 amide bonds. The third-order valence-corrected chi connectivity index (χ3v) is 4.65. The van der Waals surface area contributed by atoms with Gasteiger partial charge in [-0.25, -0.2) is 9.18 Å². The lowest BCUT2D eigenvalue weighted by atomic mass is 10.1. The summed E-state index contributed by atoms with van der Waals surface area (Å²) in [4.78, 5) is 26.9. The Morgan fingerprint density at radius 2 is 1.86 bits per heavy atom. The van der Waals surface area contributed by atoms with E-state index in [0.29, 0.717) is 36.3 Å². The van der Waals surface area contributed by atoms with E-state index in [1.165, 1.54) is 18.1 Å². The number of methoxy groups -OCH3 is 1. The standard InChI is InChI=1S/C20H21FN4O3/c1-28-18(26)9-3-13-2-8-17(16(21)12-13)25-11-10-24(20(25)27)15-6-4-14(5-7-15)19(22)23/h2,4-8,12H,3,9-11H2,1H3,(H3,22,23). The monoisotopic (exact) mass is 384 g/mol. The highest BCUT2D eigenvalue weighted by molar-refractivity contribution is 6.06. The van der Waals surface area contributed by atoms with Gasteiger partial charge in [0, 0.05) is 30.8 Å². The fraction of sp³-hybridized carbons (Fsp3) is 0.250. The Hall–Kier alpha value is -3.42. The molecule has 0 unspecified atom stereocenters. The van der Waals surface area contributed by atoms with Gasteiger partial charge in [-0.1, -0.05) is 6.07 Å². The van der Waals surface area contributed by atoms with Crippen LogP contribution in [0.25, 0.3) is 0 Å². The molecular formula is C20H21FN4O3. The number of hydrogen-bond acceptors (Lipinski definition) is 4. The van der Waals surface area contributed by atoms with E-state index in [-0.39, 0.29) is 29.9 Å². The van der Waals surface area contributed by atoms with E-state index in [1.807, 2.05) is 0 Å². The third-order valence-electron chi connectivity index (χ3n) is 4.65. The number of urea groups is 1. The Balaban J connectivity index is 1.73. The van der Waals surface area contributed by atoms with Crippen LogP contribution in [0, 0.1) is 11.2 Å². The van der Waals surface area contributed by atoms with E-state index < -0.39 is 5.82 Å². The smallest absolute Gasteiger partial charge is 0.329 e. The minimum atomic E-state index is -0.510. The summed E-state index contributed by atoms with van der Waals surface area (Å²) in [5.74, 6) is -0.912. The molecule has 0 atom stereocenters. The molecule has 28 heavy (non-hydrogen) atoms. The molecule has 0 aliphatic carbocycles. The molecule has 1 saturated heterocycles. The van der Waals surface area contributed by atoms with E-state index in [2.05, 4.69) is 4.74 Å². The predicted molar refractivity (Wildman–Crippen MR) is 104 cm³/mol. The Morgan fingerprint density at radius 3 is 2.46 bits per heavy atom. The average molecular weight is 384 g/mol. The molecule has 0 radical (unpaired) electrons. The largest absolute Gasteiger partial charge is 0.469 e. The molecule has 0 spiro atoms. The number of esters is 1. The maximum atomic E-state index is 14.6. The van der Waals surface area contributed by atoms with E-state index >= 15 is 0 Å². The summed E-state index contributed by atoms with van der Waals surface area (Å²) >= 11 is 0. The SMILES string of the molecule is COC(=O)CCc1ccc(N2CCN(c3ccc(C(=N)N)cc3)C2=O)c(F)c1. The van der Waals surface area contributed by atoms with Crippen molar-refractivity contribution in [1.29, 1.82) is 5.41 Å². The maximum Gasteiger partial charge on any atom is 0.329 e. The number of ether oxygens (including phenoxy) is 1. The van der Waals surface area contributed by atoms with Crippen LogP contribution in [-0.2, 0) is 16.0 Å². The zero-order chi connectivity index (χ0) is 20.3. The second-order valence-electron chi connectivity index (χ2n) is 6.41. The van der Waals surface area contributed by atoms with E-state index in [1.54, 1.807) is 41.3 Å². The first kappa shape index (κ1) is 19.3. The summed E-state index contributed by atoms with van der Waals surface area (Å²) < 4.78 is 19.2. The number of nitrogens with zero attached hydrogens (tertiary/aromatic N) is 2. The number of benzene rings is 2. The van der Waals surface area contributed by atoms with Crippen molar-refractivity contribution >= 4 is 29.2 Å². The van der Waals surface area contributed by atoms with Crippen LogP contribution >= 0.6 is 0 Å². The number of hydrogen-bond donors (Lipinski definition) is 2. The first-order chi connectivity index (χ1) is 13.4. The van der Waals surface area contributed by atoms with Crippen LogP contribution in [0.4, 0.5) is 20.6 Å². The van der Waals surface area contributed by atoms with Crippen LogP contribution in [0.3, 0.4) is 0 Å². The number of nitrogen functional groups attached to an aromatic ring is 1. The van der Waals surface area contributed by atoms with Crippen molar-refractivity contribution in [2.75, 3.05) is 30.0 Å². The molecule has 2 aromatic carbocycles. The number of amides is 2. The van der Waals surface area contributed by atoms with Gasteiger partial charge in [0.2, 0.25) is 0 Å². The van der Waals surface area contributed by atoms with Crippen molar-refractivity contribution in [2.24, 2.45) is 5.73 Å². The van der Waals surface area contributed by atoms with Crippen LogP contribution in [-0.4, -0.2) is 38.0 Å². The van der Waals surface area contributed by atoms with Crippen molar-refractivity contribution in [3.8, 4) is 0 Å². The Labute approximate surface area is 162 Å². The first-order valence-electron chi connectivity index (χ1n) is 8.79. The summed E-state index contributed by atoms with van der Waals surface area (Å²) in [7, 11) is 1.31. The normalized spacial score (nSPS) is 13.7. The number of amidine groups is 1. The van der Waals surface area contributed by atoms with E-state index in [9.17, 15) is 14.0 Å². The molecule has 0 saturated carbocycles. The lowest BCUT2D eigenvalue weighted by molar-refractivity contribution is -0.140. The molecule has 1 heterocycles. The van der Waals surface area contributed by atoms with Gasteiger partial charge in [0.25, 0.3) is 0 Å². The van der Waals surface area contributed by atoms with Gasteiger partial charge in [-0.05, 0) is 48.4 Å². The Morgan fingerprint density at radius 1 is 1.18 bits per heavy atom. The highest BCUT2D eigenvalue weighted by Gasteiger charge is 2.32. The lowest BCUT2D eigenvalue weighted by Gasteiger charge is -2.20. The molecule has 1 aliphatic heterocycles. The van der Waals surface area contributed by atoms with Gasteiger partial charge in [0.15, 0.2) is 0 Å². The number of carbonyl (C=O) groups excluding carboxylic acids is 2. The van der Waals surface area contributed by atoms with E-state index in [4.69, 9.17) is 11.1 Å². The molecule has 8 heteroatoms. The summed E-state index contributed by atoms with van der Waals surface area (Å²) in [6.45, 7) is 0.771. The first-order valence-corrected chi connectivity index (χ1v) is 8.79. The van der Waals surface area contributed by atoms with Crippen LogP contribution in [0.5, 0.6) is 0 Å². The van der Waals surface area contributed by atoms with Crippen LogP contribution in [0.2, 0.25) is 0 Å². The molecule has 146 valence electrons.